The van der Waals surface area contributed by atoms with Crippen LogP contribution in [0.1, 0.15) is 12.8 Å². The minimum atomic E-state index is -3.58. The lowest BCUT2D eigenvalue weighted by Crippen LogP contribution is -2.45. The molecule has 0 radical (unpaired) electrons. The van der Waals surface area contributed by atoms with Gasteiger partial charge in [-0.25, -0.2) is 8.42 Å². The molecule has 0 spiro atoms. The van der Waals surface area contributed by atoms with E-state index in [1.807, 2.05) is 0 Å². The molecule has 27 heavy (non-hydrogen) atoms. The number of nitrogens with one attached hydrogen (secondary N) is 2. The first kappa shape index (κ1) is 19.8. The predicted molar refractivity (Wildman–Crippen MR) is 104 cm³/mol. The molecule has 7 nitrogen and oxygen atoms in total. The number of thiophene rings is 1. The molecule has 0 saturated carbocycles. The molecule has 2 aromatic rings. The summed E-state index contributed by atoms with van der Waals surface area (Å²) in [5.41, 5.74) is 0.408. The van der Waals surface area contributed by atoms with Crippen LogP contribution in [0.3, 0.4) is 0 Å². The number of halogens is 1. The number of anilines is 1. The molecular weight excluding hydrogens is 410 g/mol. The number of carbonyl (C=O) groups excluding carboxylic acids is 2. The minimum absolute atomic E-state index is 0.0758. The first-order valence-electron chi connectivity index (χ1n) is 8.28. The largest absolute Gasteiger partial charge is 0.346 e. The van der Waals surface area contributed by atoms with Crippen LogP contribution in [0.2, 0.25) is 5.02 Å². The first-order valence-corrected chi connectivity index (χ1v) is 11.0. The topological polar surface area (TPSA) is 95.6 Å². The highest BCUT2D eigenvalue weighted by Crippen LogP contribution is 2.28. The highest BCUT2D eigenvalue weighted by Gasteiger charge is 2.36. The van der Waals surface area contributed by atoms with Gasteiger partial charge in [0.15, 0.2) is 0 Å². The fourth-order valence-corrected chi connectivity index (χ4v) is 5.90. The Morgan fingerprint density at radius 3 is 2.74 bits per heavy atom. The summed E-state index contributed by atoms with van der Waals surface area (Å²) in [6.45, 7) is 0.474. The molecular formula is C17H18ClN3O4S2. The molecule has 1 aliphatic rings. The average molecular weight is 428 g/mol. The highest BCUT2D eigenvalue weighted by atomic mass is 35.5. The van der Waals surface area contributed by atoms with Crippen molar-refractivity contribution in [2.75, 3.05) is 18.4 Å². The molecule has 1 saturated heterocycles. The van der Waals surface area contributed by atoms with E-state index in [9.17, 15) is 18.0 Å². The van der Waals surface area contributed by atoms with Gasteiger partial charge in [-0.05, 0) is 42.5 Å². The lowest BCUT2D eigenvalue weighted by molar-refractivity contribution is -0.136. The SMILES string of the molecule is O=C(NC[C@@H]1CCCN1S(=O)(=O)c1cccs1)C(=O)Nc1cccc(Cl)c1. The van der Waals surface area contributed by atoms with Crippen molar-refractivity contribution < 1.29 is 18.0 Å². The maximum absolute atomic E-state index is 12.7. The number of sulfonamides is 1. The summed E-state index contributed by atoms with van der Waals surface area (Å²) < 4.78 is 27.1. The third kappa shape index (κ3) is 4.67. The summed E-state index contributed by atoms with van der Waals surface area (Å²) in [6.07, 6.45) is 1.33. The van der Waals surface area contributed by atoms with Crippen LogP contribution in [0.25, 0.3) is 0 Å². The van der Waals surface area contributed by atoms with E-state index in [1.54, 1.807) is 35.7 Å². The second-order valence-electron chi connectivity index (χ2n) is 6.02. The van der Waals surface area contributed by atoms with Gasteiger partial charge in [-0.15, -0.1) is 11.3 Å². The van der Waals surface area contributed by atoms with E-state index >= 15 is 0 Å². The number of amides is 2. The Bertz CT molecular complexity index is 931. The second-order valence-corrected chi connectivity index (χ2v) is 9.52. The Kier molecular flexibility index (Phi) is 6.15. The van der Waals surface area contributed by atoms with Crippen molar-refractivity contribution in [2.45, 2.75) is 23.1 Å². The van der Waals surface area contributed by atoms with Crippen molar-refractivity contribution in [3.63, 3.8) is 0 Å². The zero-order chi connectivity index (χ0) is 19.4. The molecule has 0 aliphatic carbocycles. The Balaban J connectivity index is 1.58. The van der Waals surface area contributed by atoms with Crippen molar-refractivity contribution in [1.82, 2.24) is 9.62 Å². The van der Waals surface area contributed by atoms with Gasteiger partial charge in [-0.3, -0.25) is 9.59 Å². The minimum Gasteiger partial charge on any atom is -0.346 e. The molecule has 2 amide bonds. The van der Waals surface area contributed by atoms with Gasteiger partial charge in [0, 0.05) is 29.8 Å². The molecule has 0 bridgehead atoms. The third-order valence-corrected chi connectivity index (χ3v) is 7.73. The number of benzene rings is 1. The van der Waals surface area contributed by atoms with Gasteiger partial charge < -0.3 is 10.6 Å². The van der Waals surface area contributed by atoms with Gasteiger partial charge in [0.05, 0.1) is 0 Å². The van der Waals surface area contributed by atoms with E-state index in [1.165, 1.54) is 10.4 Å². The Morgan fingerprint density at radius 1 is 1.22 bits per heavy atom. The summed E-state index contributed by atoms with van der Waals surface area (Å²) in [6, 6.07) is 9.32. The first-order chi connectivity index (χ1) is 12.9. The van der Waals surface area contributed by atoms with Crippen molar-refractivity contribution in [3.8, 4) is 0 Å². The lowest BCUT2D eigenvalue weighted by Gasteiger charge is -2.23. The molecule has 1 aromatic heterocycles. The summed E-state index contributed by atoms with van der Waals surface area (Å²) in [5.74, 6) is -1.65. The van der Waals surface area contributed by atoms with E-state index in [0.29, 0.717) is 30.1 Å². The van der Waals surface area contributed by atoms with Gasteiger partial charge >= 0.3 is 11.8 Å². The van der Waals surface area contributed by atoms with Crippen molar-refractivity contribution >= 4 is 50.5 Å². The van der Waals surface area contributed by atoms with E-state index < -0.39 is 21.8 Å². The number of rotatable bonds is 5. The lowest BCUT2D eigenvalue weighted by atomic mass is 10.2. The van der Waals surface area contributed by atoms with Crippen molar-refractivity contribution in [1.29, 1.82) is 0 Å². The van der Waals surface area contributed by atoms with Crippen LogP contribution in [-0.4, -0.2) is 43.7 Å². The van der Waals surface area contributed by atoms with Gasteiger partial charge in [-0.2, -0.15) is 4.31 Å². The van der Waals surface area contributed by atoms with E-state index in [-0.39, 0.29) is 16.8 Å². The summed E-state index contributed by atoms with van der Waals surface area (Å²) in [7, 11) is -3.58. The zero-order valence-corrected chi connectivity index (χ0v) is 16.6. The van der Waals surface area contributed by atoms with Gasteiger partial charge in [0.2, 0.25) is 0 Å². The molecule has 3 rings (SSSR count). The highest BCUT2D eigenvalue weighted by molar-refractivity contribution is 7.91. The average Bonchev–Trinajstić information content (AvgIpc) is 3.31. The Hall–Kier alpha value is -1.94. The van der Waals surface area contributed by atoms with Crippen LogP contribution in [-0.2, 0) is 19.6 Å². The molecule has 1 fully saturated rings. The smallest absolute Gasteiger partial charge is 0.313 e. The Morgan fingerprint density at radius 2 is 2.04 bits per heavy atom. The van der Waals surface area contributed by atoms with Crippen LogP contribution in [0.15, 0.2) is 46.0 Å². The summed E-state index contributed by atoms with van der Waals surface area (Å²) in [5, 5.41) is 7.12. The fraction of sp³-hybridized carbons (Fsp3) is 0.294. The number of carbonyl (C=O) groups is 2. The maximum atomic E-state index is 12.7. The monoisotopic (exact) mass is 427 g/mol. The van der Waals surface area contributed by atoms with Gasteiger partial charge in [0.1, 0.15) is 4.21 Å². The van der Waals surface area contributed by atoms with Crippen LogP contribution < -0.4 is 10.6 Å². The maximum Gasteiger partial charge on any atom is 0.313 e. The fourth-order valence-electron chi connectivity index (χ4n) is 2.90. The number of hydrogen-bond acceptors (Lipinski definition) is 5. The zero-order valence-electron chi connectivity index (χ0n) is 14.2. The van der Waals surface area contributed by atoms with Gasteiger partial charge in [0.25, 0.3) is 10.0 Å². The molecule has 1 aliphatic heterocycles. The Labute approximate surface area is 166 Å². The molecule has 10 heteroatoms. The van der Waals surface area contributed by atoms with Crippen LogP contribution >= 0.6 is 22.9 Å². The second kappa shape index (κ2) is 8.39. The quantitative estimate of drug-likeness (QED) is 0.716. The van der Waals surface area contributed by atoms with Crippen LogP contribution in [0, 0.1) is 0 Å². The molecule has 2 N–H and O–H groups in total. The molecule has 2 heterocycles. The number of hydrogen-bond donors (Lipinski definition) is 2. The van der Waals surface area contributed by atoms with Crippen LogP contribution in [0.5, 0.6) is 0 Å². The summed E-state index contributed by atoms with van der Waals surface area (Å²) >= 11 is 7.00. The predicted octanol–water partition coefficient (Wildman–Crippen LogP) is 2.31. The number of nitrogens with zero attached hydrogens (tertiary/aromatic N) is 1. The summed E-state index contributed by atoms with van der Waals surface area (Å²) in [4.78, 5) is 24.0. The van der Waals surface area contributed by atoms with Crippen molar-refractivity contribution in [2.24, 2.45) is 0 Å². The molecule has 1 atom stereocenters. The van der Waals surface area contributed by atoms with E-state index in [2.05, 4.69) is 10.6 Å². The van der Waals surface area contributed by atoms with E-state index in [4.69, 9.17) is 11.6 Å². The normalized spacial score (nSPS) is 17.6. The molecule has 1 aromatic carbocycles. The van der Waals surface area contributed by atoms with Crippen LogP contribution in [0.4, 0.5) is 5.69 Å². The molecule has 0 unspecified atom stereocenters. The standard InChI is InChI=1S/C17H18ClN3O4S2/c18-12-4-1-5-13(10-12)20-17(23)16(22)19-11-14-6-2-8-21(14)27(24,25)15-7-3-9-26-15/h1,3-5,7,9-10,14H,2,6,8,11H2,(H,19,22)(H,20,23)/t14-/m0/s1. The van der Waals surface area contributed by atoms with Gasteiger partial charge in [-0.1, -0.05) is 23.7 Å². The molecule has 144 valence electrons. The third-order valence-electron chi connectivity index (χ3n) is 4.17. The van der Waals surface area contributed by atoms with Crippen molar-refractivity contribution in [3.05, 3.63) is 46.8 Å². The van der Waals surface area contributed by atoms with E-state index in [0.717, 1.165) is 11.3 Å².